The topological polar surface area (TPSA) is 56.8 Å². The zero-order valence-corrected chi connectivity index (χ0v) is 15.8. The molecule has 2 amide bonds. The van der Waals surface area contributed by atoms with Gasteiger partial charge in [0, 0.05) is 36.8 Å². The monoisotopic (exact) mass is 414 g/mol. The van der Waals surface area contributed by atoms with Gasteiger partial charge in [-0.05, 0) is 30.3 Å². The van der Waals surface area contributed by atoms with Crippen LogP contribution in [-0.2, 0) is 9.59 Å². The minimum absolute atomic E-state index is 0.126. The van der Waals surface area contributed by atoms with Crippen LogP contribution in [0.5, 0.6) is 0 Å². The third-order valence-corrected chi connectivity index (χ3v) is 5.41. The summed E-state index contributed by atoms with van der Waals surface area (Å²) in [4.78, 5) is 35.4. The van der Waals surface area contributed by atoms with E-state index < -0.39 is 0 Å². The van der Waals surface area contributed by atoms with Crippen LogP contribution in [0.1, 0.15) is 6.42 Å². The van der Waals surface area contributed by atoms with Crippen molar-refractivity contribution in [1.82, 2.24) is 9.88 Å². The molecule has 2 fully saturated rings. The number of pyridine rings is 1. The van der Waals surface area contributed by atoms with Crippen LogP contribution in [0.15, 0.2) is 53.1 Å². The quantitative estimate of drug-likeness (QED) is 0.721. The number of aromatic nitrogens is 1. The highest BCUT2D eigenvalue weighted by Crippen LogP contribution is 2.28. The number of hydrogen-bond acceptors (Lipinski definition) is 5. The number of benzene rings is 1. The number of halogens is 1. The first-order valence-corrected chi connectivity index (χ1v) is 9.45. The van der Waals surface area contributed by atoms with Crippen molar-refractivity contribution in [1.29, 1.82) is 0 Å². The maximum atomic E-state index is 12.9. The Balaban J connectivity index is 1.45. The van der Waals surface area contributed by atoms with Gasteiger partial charge >= 0.3 is 0 Å². The van der Waals surface area contributed by atoms with Gasteiger partial charge in [0.25, 0.3) is 5.91 Å². The fourth-order valence-electron chi connectivity index (χ4n) is 3.59. The van der Waals surface area contributed by atoms with Crippen molar-refractivity contribution in [3.8, 4) is 0 Å². The van der Waals surface area contributed by atoms with Gasteiger partial charge in [-0.2, -0.15) is 0 Å². The maximum absolute atomic E-state index is 12.9. The second-order valence-corrected chi connectivity index (χ2v) is 7.39. The Hall–Kier alpha value is -2.25. The van der Waals surface area contributed by atoms with Crippen LogP contribution in [0.2, 0.25) is 0 Å². The van der Waals surface area contributed by atoms with Crippen molar-refractivity contribution in [2.24, 2.45) is 0 Å². The molecule has 6 nitrogen and oxygen atoms in total. The molecule has 134 valence electrons. The molecular weight excluding hydrogens is 396 g/mol. The van der Waals surface area contributed by atoms with Gasteiger partial charge in [-0.25, -0.2) is 9.88 Å². The molecule has 2 aromatic rings. The van der Waals surface area contributed by atoms with Gasteiger partial charge in [0.1, 0.15) is 5.82 Å². The Labute approximate surface area is 160 Å². The number of rotatable bonds is 3. The first kappa shape index (κ1) is 17.2. The summed E-state index contributed by atoms with van der Waals surface area (Å²) in [5, 5.41) is 0. The van der Waals surface area contributed by atoms with E-state index in [0.29, 0.717) is 5.69 Å². The summed E-state index contributed by atoms with van der Waals surface area (Å²) >= 11 is 3.40. The van der Waals surface area contributed by atoms with Crippen molar-refractivity contribution in [3.05, 3.63) is 53.1 Å². The molecule has 1 aromatic carbocycles. The van der Waals surface area contributed by atoms with E-state index in [0.717, 1.165) is 36.5 Å². The van der Waals surface area contributed by atoms with E-state index in [1.807, 2.05) is 30.3 Å². The lowest BCUT2D eigenvalue weighted by atomic mass is 10.1. The number of piperazine rings is 1. The second-order valence-electron chi connectivity index (χ2n) is 6.48. The molecule has 2 aliphatic heterocycles. The average molecular weight is 415 g/mol. The number of hydrogen-bond donors (Lipinski definition) is 0. The highest BCUT2D eigenvalue weighted by atomic mass is 79.9. The fraction of sp³-hybridized carbons (Fsp3) is 0.316. The molecule has 7 heteroatoms. The van der Waals surface area contributed by atoms with Crippen LogP contribution in [0.3, 0.4) is 0 Å². The standard InChI is InChI=1S/C19H19BrN4O2/c20-14-4-3-5-15(12-14)24-18(25)13-16(19(24)26)22-8-10-23(11-9-22)17-6-1-2-7-21-17/h1-7,12,16H,8-11,13H2. The van der Waals surface area contributed by atoms with E-state index in [2.05, 4.69) is 30.7 Å². The van der Waals surface area contributed by atoms with Crippen LogP contribution in [-0.4, -0.2) is 53.9 Å². The van der Waals surface area contributed by atoms with Crippen molar-refractivity contribution < 1.29 is 9.59 Å². The normalized spacial score (nSPS) is 21.5. The molecule has 1 atom stereocenters. The first-order chi connectivity index (χ1) is 12.6. The van der Waals surface area contributed by atoms with E-state index >= 15 is 0 Å². The lowest BCUT2D eigenvalue weighted by Gasteiger charge is -2.37. The largest absolute Gasteiger partial charge is 0.354 e. The van der Waals surface area contributed by atoms with Crippen LogP contribution in [0.25, 0.3) is 0 Å². The highest BCUT2D eigenvalue weighted by molar-refractivity contribution is 9.10. The lowest BCUT2D eigenvalue weighted by molar-refractivity contribution is -0.123. The van der Waals surface area contributed by atoms with Crippen LogP contribution in [0, 0.1) is 0 Å². The van der Waals surface area contributed by atoms with Crippen molar-refractivity contribution in [2.75, 3.05) is 36.0 Å². The van der Waals surface area contributed by atoms with E-state index in [-0.39, 0.29) is 24.3 Å². The molecular formula is C19H19BrN4O2. The van der Waals surface area contributed by atoms with Gasteiger partial charge < -0.3 is 4.90 Å². The molecule has 0 spiro atoms. The Bertz CT molecular complexity index is 821. The van der Waals surface area contributed by atoms with Gasteiger partial charge in [-0.1, -0.05) is 28.1 Å². The van der Waals surface area contributed by atoms with Gasteiger partial charge in [0.15, 0.2) is 0 Å². The lowest BCUT2D eigenvalue weighted by Crippen LogP contribution is -2.52. The Morgan fingerprint density at radius 2 is 1.81 bits per heavy atom. The Morgan fingerprint density at radius 1 is 1.00 bits per heavy atom. The summed E-state index contributed by atoms with van der Waals surface area (Å²) in [5.41, 5.74) is 0.629. The molecule has 0 aliphatic carbocycles. The SMILES string of the molecule is O=C1CC(N2CCN(c3ccccn3)CC2)C(=O)N1c1cccc(Br)c1. The smallest absolute Gasteiger partial charge is 0.251 e. The minimum Gasteiger partial charge on any atom is -0.354 e. The summed E-state index contributed by atoms with van der Waals surface area (Å²) in [5.74, 6) is 0.696. The predicted octanol–water partition coefficient (Wildman–Crippen LogP) is 2.30. The highest BCUT2D eigenvalue weighted by Gasteiger charge is 2.43. The summed E-state index contributed by atoms with van der Waals surface area (Å²) in [7, 11) is 0. The molecule has 26 heavy (non-hydrogen) atoms. The number of nitrogens with zero attached hydrogens (tertiary/aromatic N) is 4. The van der Waals surface area contributed by atoms with Crippen LogP contribution >= 0.6 is 15.9 Å². The predicted molar refractivity (Wildman–Crippen MR) is 103 cm³/mol. The summed E-state index contributed by atoms with van der Waals surface area (Å²) < 4.78 is 0.850. The first-order valence-electron chi connectivity index (χ1n) is 8.66. The zero-order chi connectivity index (χ0) is 18.1. The molecule has 1 aromatic heterocycles. The third-order valence-electron chi connectivity index (χ3n) is 4.92. The number of carbonyl (C=O) groups is 2. The molecule has 3 heterocycles. The fourth-order valence-corrected chi connectivity index (χ4v) is 3.98. The molecule has 0 saturated carbocycles. The van der Waals surface area contributed by atoms with Crippen molar-refractivity contribution >= 4 is 39.2 Å². The van der Waals surface area contributed by atoms with E-state index in [1.165, 1.54) is 4.90 Å². The average Bonchev–Trinajstić information content (AvgIpc) is 2.97. The third kappa shape index (κ3) is 3.24. The zero-order valence-electron chi connectivity index (χ0n) is 14.2. The van der Waals surface area contributed by atoms with Crippen LogP contribution in [0.4, 0.5) is 11.5 Å². The number of carbonyl (C=O) groups excluding carboxylic acids is 2. The molecule has 0 radical (unpaired) electrons. The molecule has 4 rings (SSSR count). The van der Waals surface area contributed by atoms with Gasteiger partial charge in [0.05, 0.1) is 18.2 Å². The summed E-state index contributed by atoms with van der Waals surface area (Å²) in [6.07, 6.45) is 2.03. The maximum Gasteiger partial charge on any atom is 0.251 e. The van der Waals surface area contributed by atoms with E-state index in [9.17, 15) is 9.59 Å². The molecule has 0 bridgehead atoms. The molecule has 2 saturated heterocycles. The van der Waals surface area contributed by atoms with Crippen molar-refractivity contribution in [3.63, 3.8) is 0 Å². The van der Waals surface area contributed by atoms with E-state index in [4.69, 9.17) is 0 Å². The minimum atomic E-state index is -0.368. The van der Waals surface area contributed by atoms with Gasteiger partial charge in [0.2, 0.25) is 5.91 Å². The number of amides is 2. The number of anilines is 2. The summed E-state index contributed by atoms with van der Waals surface area (Å²) in [6.45, 7) is 3.08. The van der Waals surface area contributed by atoms with Crippen molar-refractivity contribution in [2.45, 2.75) is 12.5 Å². The Morgan fingerprint density at radius 3 is 2.50 bits per heavy atom. The van der Waals surface area contributed by atoms with E-state index in [1.54, 1.807) is 18.3 Å². The summed E-state index contributed by atoms with van der Waals surface area (Å²) in [6, 6.07) is 12.8. The Kier molecular flexibility index (Phi) is 4.74. The number of imide groups is 1. The molecule has 2 aliphatic rings. The van der Waals surface area contributed by atoms with Gasteiger partial charge in [-0.15, -0.1) is 0 Å². The van der Waals surface area contributed by atoms with Gasteiger partial charge in [-0.3, -0.25) is 14.5 Å². The molecule has 1 unspecified atom stereocenters. The molecule has 0 N–H and O–H groups in total. The van der Waals surface area contributed by atoms with Crippen LogP contribution < -0.4 is 9.80 Å². The second kappa shape index (κ2) is 7.17.